The molecule has 2 heterocycles. The van der Waals surface area contributed by atoms with Crippen molar-refractivity contribution in [3.05, 3.63) is 104 Å². The highest BCUT2D eigenvalue weighted by atomic mass is 32.1. The van der Waals surface area contributed by atoms with Crippen molar-refractivity contribution < 1.29 is 42.7 Å². The minimum atomic E-state index is -4.98. The number of thiazole rings is 2. The second-order valence-corrected chi connectivity index (χ2v) is 17.4. The molecule has 1 unspecified atom stereocenters. The number of ether oxygens (including phenoxy) is 2. The van der Waals surface area contributed by atoms with E-state index in [1.165, 1.54) is 34.5 Å². The van der Waals surface area contributed by atoms with Gasteiger partial charge in [0.25, 0.3) is 0 Å². The van der Waals surface area contributed by atoms with Crippen molar-refractivity contribution in [3.63, 3.8) is 0 Å². The van der Waals surface area contributed by atoms with E-state index in [4.69, 9.17) is 14.0 Å². The van der Waals surface area contributed by atoms with Crippen molar-refractivity contribution in [2.75, 3.05) is 7.05 Å². The first kappa shape index (κ1) is 45.5. The second-order valence-electron chi connectivity index (χ2n) is 14.3. The summed E-state index contributed by atoms with van der Waals surface area (Å²) in [4.78, 5) is 71.0. The lowest BCUT2D eigenvalue weighted by molar-refractivity contribution is -0.133. The average Bonchev–Trinajstić information content (AvgIpc) is 3.85. The van der Waals surface area contributed by atoms with E-state index in [2.05, 4.69) is 39.8 Å². The Balaban J connectivity index is 1.61. The first-order chi connectivity index (χ1) is 27.1. The highest BCUT2D eigenvalue weighted by molar-refractivity contribution is 7.46. The fourth-order valence-electron chi connectivity index (χ4n) is 5.98. The Kier molecular flexibility index (Phi) is 17.6. The van der Waals surface area contributed by atoms with Gasteiger partial charge in [0.1, 0.15) is 12.6 Å². The van der Waals surface area contributed by atoms with Crippen LogP contribution in [-0.2, 0) is 49.4 Å². The van der Waals surface area contributed by atoms with Gasteiger partial charge in [-0.05, 0) is 43.2 Å². The number of carbonyl (C=O) groups is 3. The molecule has 0 spiro atoms. The third-order valence-electron chi connectivity index (χ3n) is 8.76. The van der Waals surface area contributed by atoms with Gasteiger partial charge < -0.3 is 40.1 Å². The standard InChI is InChI=1S/C39H53N6O9PS2/c1-25(2)35(44-38(47)45(6)21-31-23-56-37(42-31)26(3)4)36(46)41-30(17-28-13-9-7-10-14-28)19-34(53-27(5)54-55(49,50)51)33(18-29-15-11-8-12-16-29)43-39(48)52-22-32-20-40-24-57-32/h7-16,20,23-27,30,33-35H,17-19,21-22H2,1-6H3,(H,41,46)(H,43,48)(H,44,47)(H2,49,50,51)/t27?,30-,33-,34-,35-/m0/s1. The molecule has 0 saturated carbocycles. The van der Waals surface area contributed by atoms with Crippen molar-refractivity contribution in [2.24, 2.45) is 5.92 Å². The molecule has 2 aromatic carbocycles. The normalized spacial score (nSPS) is 14.4. The Labute approximate surface area is 341 Å². The lowest BCUT2D eigenvalue weighted by Gasteiger charge is -2.34. The number of carbonyl (C=O) groups excluding carboxylic acids is 3. The molecular formula is C39H53N6O9PS2. The molecule has 0 fully saturated rings. The first-order valence-electron chi connectivity index (χ1n) is 18.6. The predicted octanol–water partition coefficient (Wildman–Crippen LogP) is 6.38. The van der Waals surface area contributed by atoms with Crippen LogP contribution in [0.1, 0.15) is 73.7 Å². The maximum absolute atomic E-state index is 14.2. The molecule has 2 aromatic heterocycles. The zero-order valence-electron chi connectivity index (χ0n) is 32.9. The van der Waals surface area contributed by atoms with E-state index in [1.54, 1.807) is 18.8 Å². The molecule has 4 aromatic rings. The second kappa shape index (κ2) is 22.1. The fraction of sp³-hybridized carbons (Fsp3) is 0.462. The van der Waals surface area contributed by atoms with Gasteiger partial charge in [-0.1, -0.05) is 88.4 Å². The van der Waals surface area contributed by atoms with Gasteiger partial charge in [-0.25, -0.2) is 19.1 Å². The molecule has 0 saturated heterocycles. The number of rotatable bonds is 21. The molecule has 4 rings (SSSR count). The number of nitrogens with one attached hydrogen (secondary N) is 3. The monoisotopic (exact) mass is 844 g/mol. The maximum atomic E-state index is 14.2. The summed E-state index contributed by atoms with van der Waals surface area (Å²) in [7, 11) is -3.34. The SMILES string of the molecule is CC(O[C@@H](C[C@H](Cc1ccccc1)NC(=O)[C@@H](NC(=O)N(C)Cc1csc(C(C)C)n1)C(C)C)[C@H](Cc1ccccc1)NC(=O)OCc1cncs1)OP(=O)(O)O. The molecule has 5 atom stereocenters. The molecule has 0 aliphatic carbocycles. The van der Waals surface area contributed by atoms with Gasteiger partial charge in [0.2, 0.25) is 5.91 Å². The summed E-state index contributed by atoms with van der Waals surface area (Å²) >= 11 is 2.87. The van der Waals surface area contributed by atoms with Gasteiger partial charge in [-0.3, -0.25) is 14.3 Å². The van der Waals surface area contributed by atoms with Crippen LogP contribution in [0.25, 0.3) is 0 Å². The van der Waals surface area contributed by atoms with Crippen LogP contribution in [0.4, 0.5) is 9.59 Å². The Morgan fingerprint density at radius 2 is 1.54 bits per heavy atom. The van der Waals surface area contributed by atoms with Gasteiger partial charge >= 0.3 is 19.9 Å². The topological polar surface area (TPSA) is 202 Å². The van der Waals surface area contributed by atoms with Crippen molar-refractivity contribution >= 4 is 48.5 Å². The van der Waals surface area contributed by atoms with E-state index in [9.17, 15) is 28.7 Å². The largest absolute Gasteiger partial charge is 0.471 e. The van der Waals surface area contributed by atoms with Gasteiger partial charge in [0, 0.05) is 30.6 Å². The van der Waals surface area contributed by atoms with Crippen LogP contribution in [0, 0.1) is 5.92 Å². The number of phosphoric acid groups is 1. The number of alkyl carbamates (subject to hydrolysis) is 1. The minimum absolute atomic E-state index is 0.0231. The van der Waals surface area contributed by atoms with Crippen molar-refractivity contribution in [3.8, 4) is 0 Å². The fourth-order valence-corrected chi connectivity index (χ4v) is 7.75. The van der Waals surface area contributed by atoms with E-state index >= 15 is 0 Å². The average molecular weight is 845 g/mol. The first-order valence-corrected chi connectivity index (χ1v) is 21.9. The summed E-state index contributed by atoms with van der Waals surface area (Å²) in [5.41, 5.74) is 4.09. The van der Waals surface area contributed by atoms with Crippen molar-refractivity contribution in [1.29, 1.82) is 0 Å². The highest BCUT2D eigenvalue weighted by Crippen LogP contribution is 2.38. The number of amides is 4. The summed E-state index contributed by atoms with van der Waals surface area (Å²) in [6.45, 7) is 9.35. The number of urea groups is 1. The number of hydrogen-bond acceptors (Lipinski definition) is 11. The van der Waals surface area contributed by atoms with Crippen LogP contribution in [-0.4, -0.2) is 80.3 Å². The van der Waals surface area contributed by atoms with Crippen LogP contribution in [0.5, 0.6) is 0 Å². The van der Waals surface area contributed by atoms with Crippen LogP contribution in [0.15, 0.2) is 77.8 Å². The van der Waals surface area contributed by atoms with Gasteiger partial charge in [-0.15, -0.1) is 22.7 Å². The van der Waals surface area contributed by atoms with E-state index in [1.807, 2.05) is 79.9 Å². The molecule has 15 nitrogen and oxygen atoms in total. The Morgan fingerprint density at radius 3 is 2.11 bits per heavy atom. The number of hydrogen-bond donors (Lipinski definition) is 5. The summed E-state index contributed by atoms with van der Waals surface area (Å²) in [5, 5.41) is 11.8. The third kappa shape index (κ3) is 15.9. The quantitative estimate of drug-likeness (QED) is 0.0460. The number of benzene rings is 2. The molecule has 57 heavy (non-hydrogen) atoms. The summed E-state index contributed by atoms with van der Waals surface area (Å²) in [6.07, 6.45) is -0.997. The molecule has 5 N–H and O–H groups in total. The molecular weight excluding hydrogens is 792 g/mol. The molecule has 0 aliphatic heterocycles. The van der Waals surface area contributed by atoms with E-state index in [0.717, 1.165) is 26.7 Å². The molecule has 310 valence electrons. The lowest BCUT2D eigenvalue weighted by Crippen LogP contribution is -2.56. The number of aromatic nitrogens is 2. The van der Waals surface area contributed by atoms with Gasteiger partial charge in [0.15, 0.2) is 6.29 Å². The lowest BCUT2D eigenvalue weighted by atomic mass is 9.92. The Morgan fingerprint density at radius 1 is 0.895 bits per heavy atom. The van der Waals surface area contributed by atoms with Gasteiger partial charge in [-0.2, -0.15) is 0 Å². The van der Waals surface area contributed by atoms with Crippen LogP contribution < -0.4 is 16.0 Å². The van der Waals surface area contributed by atoms with E-state index in [-0.39, 0.29) is 37.8 Å². The number of phosphoric ester groups is 1. The molecule has 18 heteroatoms. The molecule has 4 amide bonds. The summed E-state index contributed by atoms with van der Waals surface area (Å²) < 4.78 is 28.5. The molecule has 0 bridgehead atoms. The van der Waals surface area contributed by atoms with Crippen molar-refractivity contribution in [1.82, 2.24) is 30.8 Å². The zero-order valence-corrected chi connectivity index (χ0v) is 35.5. The Hall–Kier alpha value is -4.22. The van der Waals surface area contributed by atoms with Crippen LogP contribution >= 0.6 is 30.5 Å². The minimum Gasteiger partial charge on any atom is -0.444 e. The van der Waals surface area contributed by atoms with E-state index in [0.29, 0.717) is 6.42 Å². The maximum Gasteiger partial charge on any atom is 0.471 e. The molecule has 0 aliphatic rings. The third-order valence-corrected chi connectivity index (χ3v) is 11.3. The zero-order chi connectivity index (χ0) is 41.5. The number of nitrogens with zero attached hydrogens (tertiary/aromatic N) is 3. The van der Waals surface area contributed by atoms with Crippen molar-refractivity contribution in [2.45, 2.75) is 103 Å². The smallest absolute Gasteiger partial charge is 0.444 e. The summed E-state index contributed by atoms with van der Waals surface area (Å²) in [5.74, 6) is -0.491. The molecule has 0 radical (unpaired) electrons. The van der Waals surface area contributed by atoms with Gasteiger partial charge in [0.05, 0.1) is 39.8 Å². The highest BCUT2D eigenvalue weighted by Gasteiger charge is 2.34. The Bertz CT molecular complexity index is 1880. The van der Waals surface area contributed by atoms with Crippen LogP contribution in [0.2, 0.25) is 0 Å². The van der Waals surface area contributed by atoms with Crippen LogP contribution in [0.3, 0.4) is 0 Å². The summed E-state index contributed by atoms with van der Waals surface area (Å²) in [6, 6.07) is 15.8. The van der Waals surface area contributed by atoms with E-state index < -0.39 is 56.4 Å². The predicted molar refractivity (Wildman–Crippen MR) is 218 cm³/mol.